The predicted octanol–water partition coefficient (Wildman–Crippen LogP) is 2.09. The predicted molar refractivity (Wildman–Crippen MR) is 81.7 cm³/mol. The Morgan fingerprint density at radius 3 is 2.67 bits per heavy atom. The lowest BCUT2D eigenvalue weighted by atomic mass is 10.3. The molecule has 1 aromatic carbocycles. The highest BCUT2D eigenvalue weighted by atomic mass is 79.9. The van der Waals surface area contributed by atoms with Crippen molar-refractivity contribution in [3.63, 3.8) is 0 Å². The van der Waals surface area contributed by atoms with Gasteiger partial charge in [0.2, 0.25) is 0 Å². The molecule has 0 bridgehead atoms. The molecule has 0 aliphatic carbocycles. The third kappa shape index (κ3) is 2.99. The van der Waals surface area contributed by atoms with Gasteiger partial charge in [0.05, 0.1) is 5.69 Å². The van der Waals surface area contributed by atoms with E-state index in [4.69, 9.17) is 5.84 Å². The number of nitrogens with one attached hydrogen (secondary N) is 1. The molecule has 21 heavy (non-hydrogen) atoms. The van der Waals surface area contributed by atoms with Crippen molar-refractivity contribution < 1.29 is 12.8 Å². The second kappa shape index (κ2) is 5.96. The van der Waals surface area contributed by atoms with Gasteiger partial charge in [-0.2, -0.15) is 0 Å². The molecule has 0 fully saturated rings. The van der Waals surface area contributed by atoms with E-state index in [0.29, 0.717) is 4.47 Å². The van der Waals surface area contributed by atoms with Crippen LogP contribution >= 0.6 is 15.9 Å². The number of nitrogens with zero attached hydrogens (tertiary/aromatic N) is 2. The second-order valence-corrected chi connectivity index (χ2v) is 6.92. The van der Waals surface area contributed by atoms with Crippen molar-refractivity contribution in [2.75, 3.05) is 16.8 Å². The van der Waals surface area contributed by atoms with Crippen LogP contribution in [0.25, 0.3) is 0 Å². The molecule has 0 aliphatic rings. The SMILES string of the molecule is CN(c1ccccc1F)S(=O)(=O)c1cc(Br)cnc1NN. The summed E-state index contributed by atoms with van der Waals surface area (Å²) in [5.74, 6) is 4.61. The van der Waals surface area contributed by atoms with Gasteiger partial charge < -0.3 is 5.43 Å². The minimum atomic E-state index is -4.02. The first-order valence-electron chi connectivity index (χ1n) is 5.73. The van der Waals surface area contributed by atoms with Crippen molar-refractivity contribution in [1.82, 2.24) is 4.98 Å². The molecule has 1 aromatic heterocycles. The van der Waals surface area contributed by atoms with E-state index < -0.39 is 15.8 Å². The monoisotopic (exact) mass is 374 g/mol. The van der Waals surface area contributed by atoms with Gasteiger partial charge in [-0.1, -0.05) is 12.1 Å². The summed E-state index contributed by atoms with van der Waals surface area (Å²) in [6, 6.07) is 6.92. The first-order valence-corrected chi connectivity index (χ1v) is 7.97. The fourth-order valence-corrected chi connectivity index (χ4v) is 3.53. The summed E-state index contributed by atoms with van der Waals surface area (Å²) in [6.07, 6.45) is 1.40. The van der Waals surface area contributed by atoms with Crippen LogP contribution in [0.2, 0.25) is 0 Å². The van der Waals surface area contributed by atoms with Gasteiger partial charge in [-0.15, -0.1) is 0 Å². The molecule has 0 spiro atoms. The fraction of sp³-hybridized carbons (Fsp3) is 0.0833. The van der Waals surface area contributed by atoms with Gasteiger partial charge >= 0.3 is 0 Å². The highest BCUT2D eigenvalue weighted by Crippen LogP contribution is 2.29. The van der Waals surface area contributed by atoms with Gasteiger partial charge in [0.1, 0.15) is 10.7 Å². The lowest BCUT2D eigenvalue weighted by Crippen LogP contribution is -2.29. The number of nitrogens with two attached hydrogens (primary N) is 1. The third-order valence-corrected chi connectivity index (χ3v) is 5.00. The molecular formula is C12H12BrFN4O2S. The molecule has 0 radical (unpaired) electrons. The van der Waals surface area contributed by atoms with Crippen molar-refractivity contribution in [3.05, 3.63) is 46.8 Å². The lowest BCUT2D eigenvalue weighted by Gasteiger charge is -2.21. The molecule has 0 unspecified atom stereocenters. The number of hydrogen-bond donors (Lipinski definition) is 2. The first-order chi connectivity index (χ1) is 9.87. The molecule has 1 heterocycles. The molecule has 0 atom stereocenters. The quantitative estimate of drug-likeness (QED) is 0.631. The molecule has 0 aliphatic heterocycles. The van der Waals surface area contributed by atoms with E-state index in [0.717, 1.165) is 4.31 Å². The Labute approximate surface area is 129 Å². The maximum Gasteiger partial charge on any atom is 0.267 e. The zero-order chi connectivity index (χ0) is 15.6. The number of halogens is 2. The largest absolute Gasteiger partial charge is 0.307 e. The van der Waals surface area contributed by atoms with Crippen molar-refractivity contribution in [1.29, 1.82) is 0 Å². The van der Waals surface area contributed by atoms with E-state index in [-0.39, 0.29) is 16.4 Å². The fourth-order valence-electron chi connectivity index (χ4n) is 1.71. The Bertz CT molecular complexity index is 770. The average Bonchev–Trinajstić information content (AvgIpc) is 2.47. The molecule has 0 amide bonds. The Morgan fingerprint density at radius 1 is 1.38 bits per heavy atom. The summed E-state index contributed by atoms with van der Waals surface area (Å²) in [4.78, 5) is 3.72. The zero-order valence-corrected chi connectivity index (χ0v) is 13.3. The lowest BCUT2D eigenvalue weighted by molar-refractivity contribution is 0.589. The van der Waals surface area contributed by atoms with Crippen LogP contribution in [0, 0.1) is 5.82 Å². The van der Waals surface area contributed by atoms with Crippen molar-refractivity contribution in [2.24, 2.45) is 5.84 Å². The number of rotatable bonds is 4. The van der Waals surface area contributed by atoms with Crippen LogP contribution in [0.4, 0.5) is 15.9 Å². The number of hydrazine groups is 1. The highest BCUT2D eigenvalue weighted by Gasteiger charge is 2.27. The number of hydrogen-bond acceptors (Lipinski definition) is 5. The summed E-state index contributed by atoms with van der Waals surface area (Å²) >= 11 is 3.15. The van der Waals surface area contributed by atoms with Gasteiger partial charge in [-0.25, -0.2) is 23.6 Å². The maximum absolute atomic E-state index is 13.8. The normalized spacial score (nSPS) is 11.2. The highest BCUT2D eigenvalue weighted by molar-refractivity contribution is 9.10. The Kier molecular flexibility index (Phi) is 4.45. The molecule has 2 aromatic rings. The molecule has 6 nitrogen and oxygen atoms in total. The summed E-state index contributed by atoms with van der Waals surface area (Å²) in [5.41, 5.74) is 2.15. The summed E-state index contributed by atoms with van der Waals surface area (Å²) < 4.78 is 40.3. The third-order valence-electron chi connectivity index (χ3n) is 2.79. The number of para-hydroxylation sites is 1. The molecule has 9 heteroatoms. The number of aromatic nitrogens is 1. The second-order valence-electron chi connectivity index (χ2n) is 4.07. The summed E-state index contributed by atoms with van der Waals surface area (Å²) in [5, 5.41) is 0. The molecule has 0 saturated carbocycles. The van der Waals surface area contributed by atoms with Crippen LogP contribution in [0.3, 0.4) is 0 Å². The van der Waals surface area contributed by atoms with E-state index in [1.54, 1.807) is 6.07 Å². The van der Waals surface area contributed by atoms with E-state index in [1.807, 2.05) is 0 Å². The van der Waals surface area contributed by atoms with Gasteiger partial charge in [0.25, 0.3) is 10.0 Å². The zero-order valence-electron chi connectivity index (χ0n) is 10.9. The van der Waals surface area contributed by atoms with Crippen molar-refractivity contribution in [2.45, 2.75) is 4.90 Å². The number of nitrogen functional groups attached to an aromatic ring is 1. The van der Waals surface area contributed by atoms with E-state index in [2.05, 4.69) is 26.3 Å². The standard InChI is InChI=1S/C12H12BrFN4O2S/c1-18(10-5-3-2-4-9(10)14)21(19,20)11-6-8(13)7-16-12(11)17-15/h2-7H,15H2,1H3,(H,16,17). The Hall–Kier alpha value is -1.71. The maximum atomic E-state index is 13.8. The Balaban J connectivity index is 2.57. The number of anilines is 2. The van der Waals surface area contributed by atoms with Crippen LogP contribution in [0.1, 0.15) is 0 Å². The van der Waals surface area contributed by atoms with Crippen LogP contribution in [-0.2, 0) is 10.0 Å². The molecule has 3 N–H and O–H groups in total. The topological polar surface area (TPSA) is 88.3 Å². The Morgan fingerprint density at radius 2 is 2.05 bits per heavy atom. The van der Waals surface area contributed by atoms with Gasteiger partial charge in [-0.3, -0.25) is 4.31 Å². The number of sulfonamides is 1. The van der Waals surface area contributed by atoms with Gasteiger partial charge in [0, 0.05) is 17.7 Å². The summed E-state index contributed by atoms with van der Waals surface area (Å²) in [6.45, 7) is 0. The minimum absolute atomic E-state index is 0.0265. The minimum Gasteiger partial charge on any atom is -0.307 e. The number of pyridine rings is 1. The summed E-state index contributed by atoms with van der Waals surface area (Å²) in [7, 11) is -2.76. The van der Waals surface area contributed by atoms with Crippen LogP contribution in [0.15, 0.2) is 45.9 Å². The van der Waals surface area contributed by atoms with Crippen LogP contribution in [0.5, 0.6) is 0 Å². The van der Waals surface area contributed by atoms with E-state index >= 15 is 0 Å². The molecule has 112 valence electrons. The van der Waals surface area contributed by atoms with Gasteiger partial charge in [-0.05, 0) is 34.1 Å². The first kappa shape index (κ1) is 15.7. The van der Waals surface area contributed by atoms with Crippen molar-refractivity contribution >= 4 is 37.5 Å². The van der Waals surface area contributed by atoms with E-state index in [9.17, 15) is 12.8 Å². The number of benzene rings is 1. The van der Waals surface area contributed by atoms with Crippen LogP contribution in [-0.4, -0.2) is 20.4 Å². The van der Waals surface area contributed by atoms with Crippen molar-refractivity contribution in [3.8, 4) is 0 Å². The molecule has 2 rings (SSSR count). The smallest absolute Gasteiger partial charge is 0.267 e. The average molecular weight is 375 g/mol. The van der Waals surface area contributed by atoms with Crippen LogP contribution < -0.4 is 15.6 Å². The molecular weight excluding hydrogens is 363 g/mol. The van der Waals surface area contributed by atoms with Gasteiger partial charge in [0.15, 0.2) is 5.82 Å². The van der Waals surface area contributed by atoms with E-state index in [1.165, 1.54) is 37.5 Å². The molecule has 0 saturated heterocycles.